The van der Waals surface area contributed by atoms with Crippen molar-refractivity contribution in [2.24, 2.45) is 0 Å². The Hall–Kier alpha value is -3.31. The van der Waals surface area contributed by atoms with Crippen LogP contribution in [0.4, 0.5) is 5.69 Å². The number of unbranched alkanes of at least 4 members (excludes halogenated alkanes) is 1. The summed E-state index contributed by atoms with van der Waals surface area (Å²) in [5, 5.41) is 6.09. The highest BCUT2D eigenvalue weighted by atomic mass is 32.1. The van der Waals surface area contributed by atoms with Crippen LogP contribution in [0, 0.1) is 13.8 Å². The summed E-state index contributed by atoms with van der Waals surface area (Å²) in [6.07, 6.45) is 6.54. The lowest BCUT2D eigenvalue weighted by Crippen LogP contribution is -2.13. The van der Waals surface area contributed by atoms with Gasteiger partial charge < -0.3 is 5.32 Å². The van der Waals surface area contributed by atoms with Crippen molar-refractivity contribution in [3.05, 3.63) is 99.8 Å². The van der Waals surface area contributed by atoms with Crippen molar-refractivity contribution in [3.63, 3.8) is 0 Å². The van der Waals surface area contributed by atoms with Crippen LogP contribution in [-0.2, 0) is 6.42 Å². The first-order valence-electron chi connectivity index (χ1n) is 12.9. The molecular formula is C31H35N3OS. The number of thiazole rings is 1. The molecule has 4 aromatic rings. The average molecular weight is 498 g/mol. The van der Waals surface area contributed by atoms with Crippen LogP contribution in [0.2, 0.25) is 0 Å². The van der Waals surface area contributed by atoms with E-state index in [9.17, 15) is 4.79 Å². The first kappa shape index (κ1) is 25.8. The molecule has 0 aliphatic heterocycles. The number of amides is 1. The SMILES string of the molecule is CCCC(CCCCc1cccc(C)n1)c1nc(C(=O)Nc2ccc(C)cc2-c2ccccc2)cs1. The molecule has 2 aromatic carbocycles. The van der Waals surface area contributed by atoms with Gasteiger partial charge in [-0.05, 0) is 69.4 Å². The lowest BCUT2D eigenvalue weighted by atomic mass is 9.96. The van der Waals surface area contributed by atoms with E-state index in [0.29, 0.717) is 11.6 Å². The van der Waals surface area contributed by atoms with E-state index in [1.807, 2.05) is 48.7 Å². The number of nitrogens with one attached hydrogen (secondary N) is 1. The van der Waals surface area contributed by atoms with Gasteiger partial charge in [-0.25, -0.2) is 4.98 Å². The molecule has 1 amide bonds. The van der Waals surface area contributed by atoms with E-state index in [-0.39, 0.29) is 5.91 Å². The van der Waals surface area contributed by atoms with E-state index >= 15 is 0 Å². The smallest absolute Gasteiger partial charge is 0.275 e. The molecule has 0 radical (unpaired) electrons. The van der Waals surface area contributed by atoms with Gasteiger partial charge in [-0.3, -0.25) is 9.78 Å². The number of pyridine rings is 1. The van der Waals surface area contributed by atoms with Crippen molar-refractivity contribution in [2.45, 2.75) is 65.2 Å². The number of carbonyl (C=O) groups excluding carboxylic acids is 1. The Balaban J connectivity index is 1.40. The van der Waals surface area contributed by atoms with E-state index in [1.165, 1.54) is 5.69 Å². The Morgan fingerprint density at radius 1 is 0.944 bits per heavy atom. The standard InChI is InChI=1S/C31H35N3OS/c1-4-11-25(15-8-9-16-26-17-10-12-23(3)32-26)31-34-29(21-36-31)30(35)33-28-19-18-22(2)20-27(28)24-13-6-5-7-14-24/h5-7,10,12-14,17-21,25H,4,8-9,11,15-16H2,1-3H3,(H,33,35). The Kier molecular flexibility index (Phi) is 9.01. The number of carbonyl (C=O) groups is 1. The minimum absolute atomic E-state index is 0.153. The predicted octanol–water partition coefficient (Wildman–Crippen LogP) is 8.37. The van der Waals surface area contributed by atoms with Crippen molar-refractivity contribution < 1.29 is 4.79 Å². The Morgan fingerprint density at radius 2 is 1.78 bits per heavy atom. The highest BCUT2D eigenvalue weighted by molar-refractivity contribution is 7.10. The van der Waals surface area contributed by atoms with E-state index in [1.54, 1.807) is 11.3 Å². The van der Waals surface area contributed by atoms with Crippen molar-refractivity contribution in [1.29, 1.82) is 0 Å². The van der Waals surface area contributed by atoms with E-state index in [4.69, 9.17) is 4.98 Å². The number of hydrogen-bond acceptors (Lipinski definition) is 4. The number of aromatic nitrogens is 2. The summed E-state index contributed by atoms with van der Waals surface area (Å²) in [6.45, 7) is 6.32. The zero-order valence-electron chi connectivity index (χ0n) is 21.5. The predicted molar refractivity (Wildman–Crippen MR) is 151 cm³/mol. The summed E-state index contributed by atoms with van der Waals surface area (Å²) in [7, 11) is 0. The maximum atomic E-state index is 13.1. The van der Waals surface area contributed by atoms with Gasteiger partial charge in [0, 0.05) is 33.9 Å². The molecule has 0 bridgehead atoms. The lowest BCUT2D eigenvalue weighted by molar-refractivity contribution is 0.102. The molecule has 2 heterocycles. The van der Waals surface area contributed by atoms with Crippen LogP contribution >= 0.6 is 11.3 Å². The monoisotopic (exact) mass is 497 g/mol. The number of rotatable bonds is 11. The number of benzene rings is 2. The second-order valence-electron chi connectivity index (χ2n) is 9.44. The lowest BCUT2D eigenvalue weighted by Gasteiger charge is -2.13. The van der Waals surface area contributed by atoms with Crippen LogP contribution < -0.4 is 5.32 Å². The first-order chi connectivity index (χ1) is 17.5. The van der Waals surface area contributed by atoms with E-state index < -0.39 is 0 Å². The molecule has 1 atom stereocenters. The molecule has 0 saturated heterocycles. The van der Waals surface area contributed by atoms with Crippen molar-refractivity contribution >= 4 is 22.9 Å². The molecule has 186 valence electrons. The van der Waals surface area contributed by atoms with Gasteiger partial charge >= 0.3 is 0 Å². The fourth-order valence-electron chi connectivity index (χ4n) is 4.56. The zero-order valence-corrected chi connectivity index (χ0v) is 22.3. The molecule has 1 N–H and O–H groups in total. The van der Waals surface area contributed by atoms with E-state index in [0.717, 1.165) is 71.6 Å². The largest absolute Gasteiger partial charge is 0.320 e. The first-order valence-corrected chi connectivity index (χ1v) is 13.8. The van der Waals surface area contributed by atoms with Crippen LogP contribution in [0.25, 0.3) is 11.1 Å². The van der Waals surface area contributed by atoms with Crippen LogP contribution in [0.1, 0.15) is 77.4 Å². The Bertz CT molecular complexity index is 1280. The molecule has 0 saturated carbocycles. The van der Waals surface area contributed by atoms with Gasteiger partial charge in [-0.15, -0.1) is 11.3 Å². The van der Waals surface area contributed by atoms with Gasteiger partial charge in [-0.1, -0.05) is 67.8 Å². The molecule has 0 spiro atoms. The van der Waals surface area contributed by atoms with Gasteiger partial charge in [0.15, 0.2) is 0 Å². The van der Waals surface area contributed by atoms with Gasteiger partial charge in [0.25, 0.3) is 5.91 Å². The zero-order chi connectivity index (χ0) is 25.3. The van der Waals surface area contributed by atoms with Crippen LogP contribution in [0.3, 0.4) is 0 Å². The highest BCUT2D eigenvalue weighted by Crippen LogP contribution is 2.32. The van der Waals surface area contributed by atoms with E-state index in [2.05, 4.69) is 54.5 Å². The molecule has 1 unspecified atom stereocenters. The topological polar surface area (TPSA) is 54.9 Å². The summed E-state index contributed by atoms with van der Waals surface area (Å²) in [6, 6.07) is 22.5. The van der Waals surface area contributed by atoms with Crippen molar-refractivity contribution in [3.8, 4) is 11.1 Å². The normalized spacial score (nSPS) is 11.9. The minimum atomic E-state index is -0.153. The summed E-state index contributed by atoms with van der Waals surface area (Å²) in [5.74, 6) is 0.241. The molecule has 0 fully saturated rings. The van der Waals surface area contributed by atoms with Crippen LogP contribution in [0.15, 0.2) is 72.1 Å². The Morgan fingerprint density at radius 3 is 2.56 bits per heavy atom. The molecule has 0 aliphatic rings. The Labute approximate surface area is 218 Å². The maximum absolute atomic E-state index is 13.1. The number of hydrogen-bond donors (Lipinski definition) is 1. The van der Waals surface area contributed by atoms with Crippen LogP contribution in [0.5, 0.6) is 0 Å². The second kappa shape index (κ2) is 12.6. The van der Waals surface area contributed by atoms with Crippen molar-refractivity contribution in [2.75, 3.05) is 5.32 Å². The summed E-state index contributed by atoms with van der Waals surface area (Å²) < 4.78 is 0. The minimum Gasteiger partial charge on any atom is -0.320 e. The molecule has 4 rings (SSSR count). The molecule has 36 heavy (non-hydrogen) atoms. The molecular weight excluding hydrogens is 462 g/mol. The summed E-state index contributed by atoms with van der Waals surface area (Å²) >= 11 is 1.61. The maximum Gasteiger partial charge on any atom is 0.275 e. The molecule has 2 aromatic heterocycles. The van der Waals surface area contributed by atoms with Crippen molar-refractivity contribution in [1.82, 2.24) is 9.97 Å². The van der Waals surface area contributed by atoms with Crippen LogP contribution in [-0.4, -0.2) is 15.9 Å². The fraction of sp³-hybridized carbons (Fsp3) is 0.323. The second-order valence-corrected chi connectivity index (χ2v) is 10.3. The van der Waals surface area contributed by atoms with Gasteiger partial charge in [0.05, 0.1) is 5.01 Å². The summed E-state index contributed by atoms with van der Waals surface area (Å²) in [4.78, 5) is 22.6. The molecule has 5 heteroatoms. The number of aryl methyl sites for hydroxylation is 3. The van der Waals surface area contributed by atoms with Gasteiger partial charge in [0.2, 0.25) is 0 Å². The van der Waals surface area contributed by atoms with Gasteiger partial charge in [0.1, 0.15) is 5.69 Å². The third-order valence-corrected chi connectivity index (χ3v) is 7.44. The number of anilines is 1. The van der Waals surface area contributed by atoms with Gasteiger partial charge in [-0.2, -0.15) is 0 Å². The summed E-state index contributed by atoms with van der Waals surface area (Å²) in [5.41, 5.74) is 6.81. The average Bonchev–Trinajstić information content (AvgIpc) is 3.38. The quantitative estimate of drug-likeness (QED) is 0.212. The molecule has 0 aliphatic carbocycles. The number of nitrogens with zero attached hydrogens (tertiary/aromatic N) is 2. The molecule has 4 nitrogen and oxygen atoms in total. The highest BCUT2D eigenvalue weighted by Gasteiger charge is 2.19. The third kappa shape index (κ3) is 6.88. The fourth-order valence-corrected chi connectivity index (χ4v) is 5.54. The third-order valence-electron chi connectivity index (χ3n) is 6.43.